The number of benzene rings is 1. The van der Waals surface area contributed by atoms with E-state index in [9.17, 15) is 4.39 Å². The summed E-state index contributed by atoms with van der Waals surface area (Å²) in [6.45, 7) is 2.73. The fraction of sp³-hybridized carbons (Fsp3) is 0.500. The van der Waals surface area contributed by atoms with E-state index in [1.807, 2.05) is 6.07 Å². The first-order chi connectivity index (χ1) is 9.13. The van der Waals surface area contributed by atoms with Crippen LogP contribution in [-0.4, -0.2) is 26.2 Å². The molecule has 104 valence electrons. The number of hydrogen-bond acceptors (Lipinski definition) is 2. The van der Waals surface area contributed by atoms with E-state index in [0.717, 1.165) is 11.5 Å². The Kier molecular flexibility index (Phi) is 4.24. The number of methoxy groups -OCH3 is 1. The molecule has 2 atom stereocenters. The second-order valence-corrected chi connectivity index (χ2v) is 4.86. The topological polar surface area (TPSA) is 45.7 Å². The van der Waals surface area contributed by atoms with Crippen LogP contribution in [0.3, 0.4) is 0 Å². The normalized spacial score (nSPS) is 22.0. The smallest absolute Gasteiger partial charge is 0.191 e. The van der Waals surface area contributed by atoms with Gasteiger partial charge >= 0.3 is 0 Å². The van der Waals surface area contributed by atoms with Gasteiger partial charge in [-0.15, -0.1) is 0 Å². The highest BCUT2D eigenvalue weighted by atomic mass is 19.1. The predicted molar refractivity (Wildman–Crippen MR) is 73.9 cm³/mol. The molecule has 4 nitrogen and oxygen atoms in total. The summed E-state index contributed by atoms with van der Waals surface area (Å²) in [5, 5.41) is 6.49. The minimum absolute atomic E-state index is 0.262. The molecule has 0 saturated heterocycles. The van der Waals surface area contributed by atoms with Crippen molar-refractivity contribution in [1.82, 2.24) is 10.6 Å². The average molecular weight is 265 g/mol. The van der Waals surface area contributed by atoms with E-state index < -0.39 is 0 Å². The summed E-state index contributed by atoms with van der Waals surface area (Å²) in [7, 11) is 3.19. The number of aliphatic imine (C=N–C) groups is 1. The molecular weight excluding hydrogens is 245 g/mol. The maximum Gasteiger partial charge on any atom is 0.191 e. The molecule has 0 aliphatic heterocycles. The van der Waals surface area contributed by atoms with Gasteiger partial charge in [0.05, 0.1) is 7.11 Å². The lowest BCUT2D eigenvalue weighted by Gasteiger charge is -2.12. The Morgan fingerprint density at radius 2 is 2.26 bits per heavy atom. The van der Waals surface area contributed by atoms with Crippen molar-refractivity contribution in [3.8, 4) is 5.75 Å². The van der Waals surface area contributed by atoms with Crippen molar-refractivity contribution in [2.24, 2.45) is 10.9 Å². The third-order valence-corrected chi connectivity index (χ3v) is 3.33. The molecule has 1 aromatic carbocycles. The van der Waals surface area contributed by atoms with Crippen LogP contribution in [-0.2, 0) is 6.54 Å². The van der Waals surface area contributed by atoms with E-state index in [1.54, 1.807) is 13.1 Å². The molecule has 1 saturated carbocycles. The number of ether oxygens (including phenoxy) is 1. The van der Waals surface area contributed by atoms with Crippen molar-refractivity contribution in [2.75, 3.05) is 14.2 Å². The molecule has 5 heteroatoms. The van der Waals surface area contributed by atoms with Crippen molar-refractivity contribution in [3.63, 3.8) is 0 Å². The Hall–Kier alpha value is -1.78. The Morgan fingerprint density at radius 1 is 1.53 bits per heavy atom. The van der Waals surface area contributed by atoms with Gasteiger partial charge in [0.2, 0.25) is 0 Å². The van der Waals surface area contributed by atoms with Gasteiger partial charge < -0.3 is 15.4 Å². The minimum Gasteiger partial charge on any atom is -0.494 e. The van der Waals surface area contributed by atoms with Crippen molar-refractivity contribution in [3.05, 3.63) is 29.6 Å². The summed E-state index contributed by atoms with van der Waals surface area (Å²) in [6.07, 6.45) is 1.18. The number of guanidine groups is 1. The fourth-order valence-corrected chi connectivity index (χ4v) is 1.90. The summed E-state index contributed by atoms with van der Waals surface area (Å²) in [6, 6.07) is 5.45. The lowest BCUT2D eigenvalue weighted by molar-refractivity contribution is 0.386. The van der Waals surface area contributed by atoms with Crippen LogP contribution in [0, 0.1) is 11.7 Å². The van der Waals surface area contributed by atoms with E-state index in [-0.39, 0.29) is 11.6 Å². The molecule has 1 fully saturated rings. The molecule has 1 aliphatic carbocycles. The van der Waals surface area contributed by atoms with Crippen LogP contribution >= 0.6 is 0 Å². The van der Waals surface area contributed by atoms with Crippen LogP contribution in [0.1, 0.15) is 18.9 Å². The molecule has 2 N–H and O–H groups in total. The first-order valence-corrected chi connectivity index (χ1v) is 6.43. The zero-order valence-electron chi connectivity index (χ0n) is 11.5. The summed E-state index contributed by atoms with van der Waals surface area (Å²) in [5.41, 5.74) is 0.852. The second-order valence-electron chi connectivity index (χ2n) is 4.86. The average Bonchev–Trinajstić information content (AvgIpc) is 3.10. The highest BCUT2D eigenvalue weighted by molar-refractivity contribution is 5.80. The fourth-order valence-electron chi connectivity index (χ4n) is 1.90. The van der Waals surface area contributed by atoms with Gasteiger partial charge in [-0.2, -0.15) is 0 Å². The highest BCUT2D eigenvalue weighted by Crippen LogP contribution is 2.28. The third-order valence-electron chi connectivity index (χ3n) is 3.33. The summed E-state index contributed by atoms with van der Waals surface area (Å²) >= 11 is 0. The maximum absolute atomic E-state index is 13.5. The largest absolute Gasteiger partial charge is 0.494 e. The van der Waals surface area contributed by atoms with Gasteiger partial charge in [0.1, 0.15) is 0 Å². The van der Waals surface area contributed by atoms with Gasteiger partial charge in [0, 0.05) is 19.6 Å². The molecule has 0 heterocycles. The zero-order valence-corrected chi connectivity index (χ0v) is 11.5. The predicted octanol–water partition coefficient (Wildman–Crippen LogP) is 1.91. The van der Waals surface area contributed by atoms with Crippen molar-refractivity contribution >= 4 is 5.96 Å². The number of hydrogen-bond donors (Lipinski definition) is 2. The van der Waals surface area contributed by atoms with Gasteiger partial charge in [-0.3, -0.25) is 4.99 Å². The first kappa shape index (κ1) is 13.6. The monoisotopic (exact) mass is 265 g/mol. The van der Waals surface area contributed by atoms with Gasteiger partial charge in [-0.1, -0.05) is 13.0 Å². The molecular formula is C14H20FN3O. The third kappa shape index (κ3) is 3.59. The molecule has 2 unspecified atom stereocenters. The minimum atomic E-state index is -0.347. The van der Waals surface area contributed by atoms with Crippen molar-refractivity contribution < 1.29 is 9.13 Å². The Balaban J connectivity index is 1.88. The Morgan fingerprint density at radius 3 is 2.79 bits per heavy atom. The molecule has 0 radical (unpaired) electrons. The molecule has 2 rings (SSSR count). The number of nitrogens with zero attached hydrogens (tertiary/aromatic N) is 1. The molecule has 0 amide bonds. The molecule has 19 heavy (non-hydrogen) atoms. The number of rotatable bonds is 4. The maximum atomic E-state index is 13.5. The zero-order chi connectivity index (χ0) is 13.8. The van der Waals surface area contributed by atoms with Crippen LogP contribution in [0.15, 0.2) is 23.2 Å². The van der Waals surface area contributed by atoms with Gasteiger partial charge in [-0.25, -0.2) is 4.39 Å². The lowest BCUT2D eigenvalue weighted by atomic mass is 10.2. The lowest BCUT2D eigenvalue weighted by Crippen LogP contribution is -2.38. The standard InChI is InChI=1S/C14H20FN3O/c1-9-6-12(9)18-14(16-2)17-8-10-4-5-13(19-3)11(15)7-10/h4-5,7,9,12H,6,8H2,1-3H3,(H2,16,17,18). The molecule has 0 spiro atoms. The SMILES string of the molecule is CN=C(NCc1ccc(OC)c(F)c1)NC1CC1C. The summed E-state index contributed by atoms with van der Waals surface area (Å²) < 4.78 is 18.4. The number of nitrogens with one attached hydrogen (secondary N) is 2. The van der Waals surface area contributed by atoms with Crippen LogP contribution < -0.4 is 15.4 Å². The van der Waals surface area contributed by atoms with Gasteiger partial charge in [-0.05, 0) is 30.0 Å². The second kappa shape index (κ2) is 5.91. The summed E-state index contributed by atoms with van der Waals surface area (Å²) in [4.78, 5) is 4.15. The van der Waals surface area contributed by atoms with E-state index in [1.165, 1.54) is 19.6 Å². The molecule has 0 aromatic heterocycles. The van der Waals surface area contributed by atoms with Crippen molar-refractivity contribution in [2.45, 2.75) is 25.9 Å². The van der Waals surface area contributed by atoms with Gasteiger partial charge in [0.25, 0.3) is 0 Å². The van der Waals surface area contributed by atoms with E-state index in [4.69, 9.17) is 4.74 Å². The van der Waals surface area contributed by atoms with E-state index in [2.05, 4.69) is 22.5 Å². The molecule has 1 aliphatic rings. The van der Waals surface area contributed by atoms with Crippen LogP contribution in [0.5, 0.6) is 5.75 Å². The summed E-state index contributed by atoms with van der Waals surface area (Å²) in [5.74, 6) is 1.38. The first-order valence-electron chi connectivity index (χ1n) is 6.43. The Labute approximate surface area is 113 Å². The number of halogens is 1. The van der Waals surface area contributed by atoms with Gasteiger partial charge in [0.15, 0.2) is 17.5 Å². The molecule has 0 bridgehead atoms. The highest BCUT2D eigenvalue weighted by Gasteiger charge is 2.33. The van der Waals surface area contributed by atoms with Crippen LogP contribution in [0.25, 0.3) is 0 Å². The van der Waals surface area contributed by atoms with E-state index in [0.29, 0.717) is 18.5 Å². The van der Waals surface area contributed by atoms with E-state index >= 15 is 0 Å². The Bertz CT molecular complexity index is 476. The van der Waals surface area contributed by atoms with Crippen molar-refractivity contribution in [1.29, 1.82) is 0 Å². The van der Waals surface area contributed by atoms with Crippen LogP contribution in [0.4, 0.5) is 4.39 Å². The van der Waals surface area contributed by atoms with Crippen LogP contribution in [0.2, 0.25) is 0 Å². The quantitative estimate of drug-likeness (QED) is 0.645. The molecule has 1 aromatic rings.